The number of aromatic nitrogens is 4. The Labute approximate surface area is 169 Å². The number of anilines is 1. The molecule has 8 nitrogen and oxygen atoms in total. The van der Waals surface area contributed by atoms with E-state index in [0.717, 1.165) is 43.3 Å². The smallest absolute Gasteiger partial charge is 0.243 e. The normalized spacial score (nSPS) is 15.6. The Kier molecular flexibility index (Phi) is 6.23. The Morgan fingerprint density at radius 1 is 1.17 bits per heavy atom. The van der Waals surface area contributed by atoms with Crippen LogP contribution in [0.2, 0.25) is 0 Å². The maximum absolute atomic E-state index is 5.51. The molecule has 3 heterocycles. The summed E-state index contributed by atoms with van der Waals surface area (Å²) in [6, 6.07) is 12.0. The van der Waals surface area contributed by atoms with Gasteiger partial charge in [-0.1, -0.05) is 12.1 Å². The highest BCUT2D eigenvalue weighted by Crippen LogP contribution is 2.24. The van der Waals surface area contributed by atoms with E-state index in [1.165, 1.54) is 5.56 Å². The summed E-state index contributed by atoms with van der Waals surface area (Å²) in [4.78, 5) is 11.2. The number of hydrogen-bond acceptors (Lipinski definition) is 8. The Balaban J connectivity index is 1.51. The van der Waals surface area contributed by atoms with E-state index in [1.807, 2.05) is 48.8 Å². The predicted octanol–water partition coefficient (Wildman–Crippen LogP) is 2.43. The van der Waals surface area contributed by atoms with Crippen LogP contribution in [-0.4, -0.2) is 65.0 Å². The van der Waals surface area contributed by atoms with E-state index in [-0.39, 0.29) is 6.04 Å². The zero-order chi connectivity index (χ0) is 19.9. The van der Waals surface area contributed by atoms with Crippen molar-refractivity contribution >= 4 is 5.95 Å². The minimum Gasteiger partial charge on any atom is -0.497 e. The molecule has 2 aromatic heterocycles. The number of pyridine rings is 1. The summed E-state index contributed by atoms with van der Waals surface area (Å²) in [5.41, 5.74) is 2.88. The van der Waals surface area contributed by atoms with E-state index in [1.54, 1.807) is 13.3 Å². The average Bonchev–Trinajstić information content (AvgIpc) is 2.81. The van der Waals surface area contributed by atoms with Gasteiger partial charge < -0.3 is 14.8 Å². The summed E-state index contributed by atoms with van der Waals surface area (Å²) >= 11 is 0. The fraction of sp³-hybridized carbons (Fsp3) is 0.333. The van der Waals surface area contributed by atoms with E-state index in [4.69, 9.17) is 9.47 Å². The van der Waals surface area contributed by atoms with Gasteiger partial charge in [-0.2, -0.15) is 5.10 Å². The molecular weight excluding hydrogens is 368 g/mol. The van der Waals surface area contributed by atoms with Crippen molar-refractivity contribution in [1.82, 2.24) is 25.1 Å². The van der Waals surface area contributed by atoms with E-state index >= 15 is 0 Å². The lowest BCUT2D eigenvalue weighted by molar-refractivity contribution is 0.0186. The van der Waals surface area contributed by atoms with Gasteiger partial charge in [0, 0.05) is 37.6 Å². The van der Waals surface area contributed by atoms with Gasteiger partial charge in [-0.3, -0.25) is 9.88 Å². The van der Waals surface area contributed by atoms with E-state index < -0.39 is 0 Å². The molecule has 150 valence electrons. The van der Waals surface area contributed by atoms with Crippen molar-refractivity contribution in [3.05, 3.63) is 60.6 Å². The molecule has 0 spiro atoms. The molecule has 1 saturated heterocycles. The molecular formula is C21H24N6O2. The Bertz CT molecular complexity index is 918. The number of hydrogen-bond donors (Lipinski definition) is 1. The number of rotatable bonds is 7. The molecule has 1 atom stereocenters. The summed E-state index contributed by atoms with van der Waals surface area (Å²) in [5.74, 6) is 1.28. The molecule has 1 aliphatic rings. The number of ether oxygens (including phenoxy) is 2. The van der Waals surface area contributed by atoms with Crippen molar-refractivity contribution in [2.24, 2.45) is 0 Å². The fourth-order valence-electron chi connectivity index (χ4n) is 3.42. The monoisotopic (exact) mass is 392 g/mol. The highest BCUT2D eigenvalue weighted by molar-refractivity contribution is 5.61. The lowest BCUT2D eigenvalue weighted by atomic mass is 10.1. The summed E-state index contributed by atoms with van der Waals surface area (Å²) in [6.45, 7) is 3.92. The Morgan fingerprint density at radius 2 is 2.00 bits per heavy atom. The maximum atomic E-state index is 5.51. The lowest BCUT2D eigenvalue weighted by Crippen LogP contribution is -2.41. The highest BCUT2D eigenvalue weighted by atomic mass is 16.5. The first-order valence-corrected chi connectivity index (χ1v) is 9.63. The average molecular weight is 392 g/mol. The highest BCUT2D eigenvalue weighted by Gasteiger charge is 2.22. The lowest BCUT2D eigenvalue weighted by Gasteiger charge is -2.34. The van der Waals surface area contributed by atoms with Gasteiger partial charge in [0.2, 0.25) is 5.95 Å². The van der Waals surface area contributed by atoms with Crippen molar-refractivity contribution in [3.8, 4) is 17.0 Å². The second-order valence-corrected chi connectivity index (χ2v) is 6.72. The Hall–Kier alpha value is -3.10. The molecule has 0 aliphatic carbocycles. The van der Waals surface area contributed by atoms with Gasteiger partial charge in [0.1, 0.15) is 5.75 Å². The van der Waals surface area contributed by atoms with E-state index in [9.17, 15) is 0 Å². The number of benzene rings is 1. The molecule has 3 aromatic rings. The van der Waals surface area contributed by atoms with Gasteiger partial charge >= 0.3 is 0 Å². The number of methoxy groups -OCH3 is 1. The zero-order valence-corrected chi connectivity index (χ0v) is 16.4. The van der Waals surface area contributed by atoms with Gasteiger partial charge in [0.05, 0.1) is 38.3 Å². The molecule has 1 fully saturated rings. The topological polar surface area (TPSA) is 85.3 Å². The Morgan fingerprint density at radius 3 is 2.79 bits per heavy atom. The van der Waals surface area contributed by atoms with Crippen LogP contribution in [0.4, 0.5) is 5.95 Å². The van der Waals surface area contributed by atoms with Crippen LogP contribution in [0.15, 0.2) is 55.0 Å². The third kappa shape index (κ3) is 4.85. The van der Waals surface area contributed by atoms with Crippen molar-refractivity contribution < 1.29 is 9.47 Å². The van der Waals surface area contributed by atoms with Crippen LogP contribution in [-0.2, 0) is 4.74 Å². The molecule has 1 unspecified atom stereocenters. The standard InChI is InChI=1S/C21H24N6O2/c1-28-18-4-2-3-17(13-18)19-14-24-26-21(25-19)23-15-20(16-5-7-22-8-6-16)27-9-11-29-12-10-27/h2-8,13-14,20H,9-12,15H2,1H3,(H,23,25,26). The second kappa shape index (κ2) is 9.40. The van der Waals surface area contributed by atoms with Gasteiger partial charge in [-0.15, -0.1) is 5.10 Å². The van der Waals surface area contributed by atoms with Crippen molar-refractivity contribution in [2.45, 2.75) is 6.04 Å². The van der Waals surface area contributed by atoms with Crippen molar-refractivity contribution in [1.29, 1.82) is 0 Å². The molecule has 0 amide bonds. The first kappa shape index (κ1) is 19.2. The van der Waals surface area contributed by atoms with Crippen LogP contribution in [0.3, 0.4) is 0 Å². The molecule has 1 aliphatic heterocycles. The van der Waals surface area contributed by atoms with Crippen LogP contribution in [0, 0.1) is 0 Å². The van der Waals surface area contributed by atoms with Crippen LogP contribution >= 0.6 is 0 Å². The van der Waals surface area contributed by atoms with Crippen LogP contribution in [0.1, 0.15) is 11.6 Å². The minimum absolute atomic E-state index is 0.172. The van der Waals surface area contributed by atoms with Gasteiger partial charge in [-0.25, -0.2) is 4.98 Å². The molecule has 0 saturated carbocycles. The first-order chi connectivity index (χ1) is 14.3. The van der Waals surface area contributed by atoms with Crippen molar-refractivity contribution in [3.63, 3.8) is 0 Å². The maximum Gasteiger partial charge on any atom is 0.243 e. The van der Waals surface area contributed by atoms with Crippen LogP contribution in [0.5, 0.6) is 5.75 Å². The second-order valence-electron chi connectivity index (χ2n) is 6.72. The molecule has 0 bridgehead atoms. The molecule has 0 radical (unpaired) electrons. The zero-order valence-electron chi connectivity index (χ0n) is 16.4. The fourth-order valence-corrected chi connectivity index (χ4v) is 3.42. The minimum atomic E-state index is 0.172. The SMILES string of the molecule is COc1cccc(-c2cnnc(NCC(c3ccncc3)N3CCOCC3)n2)c1. The number of morpholine rings is 1. The largest absolute Gasteiger partial charge is 0.497 e. The predicted molar refractivity (Wildman–Crippen MR) is 110 cm³/mol. The van der Waals surface area contributed by atoms with Gasteiger partial charge in [-0.05, 0) is 29.8 Å². The summed E-state index contributed by atoms with van der Waals surface area (Å²) in [7, 11) is 1.65. The molecule has 1 aromatic carbocycles. The third-order valence-electron chi connectivity index (χ3n) is 4.96. The molecule has 4 rings (SSSR count). The first-order valence-electron chi connectivity index (χ1n) is 9.63. The number of nitrogens with zero attached hydrogens (tertiary/aromatic N) is 5. The van der Waals surface area contributed by atoms with E-state index in [2.05, 4.69) is 30.4 Å². The van der Waals surface area contributed by atoms with Gasteiger partial charge in [0.15, 0.2) is 0 Å². The number of nitrogens with one attached hydrogen (secondary N) is 1. The summed E-state index contributed by atoms with van der Waals surface area (Å²) in [6.07, 6.45) is 5.30. The quantitative estimate of drug-likeness (QED) is 0.656. The molecule has 1 N–H and O–H groups in total. The van der Waals surface area contributed by atoms with Crippen molar-refractivity contribution in [2.75, 3.05) is 45.3 Å². The van der Waals surface area contributed by atoms with Gasteiger partial charge in [0.25, 0.3) is 0 Å². The van der Waals surface area contributed by atoms with Crippen LogP contribution < -0.4 is 10.1 Å². The third-order valence-corrected chi connectivity index (χ3v) is 4.96. The van der Waals surface area contributed by atoms with Crippen LogP contribution in [0.25, 0.3) is 11.3 Å². The summed E-state index contributed by atoms with van der Waals surface area (Å²) < 4.78 is 10.8. The summed E-state index contributed by atoms with van der Waals surface area (Å²) in [5, 5.41) is 11.6. The van der Waals surface area contributed by atoms with E-state index in [0.29, 0.717) is 12.5 Å². The molecule has 8 heteroatoms. The molecule has 29 heavy (non-hydrogen) atoms.